The van der Waals surface area contributed by atoms with Crippen LogP contribution in [0, 0.1) is 0 Å². The summed E-state index contributed by atoms with van der Waals surface area (Å²) in [5, 5.41) is 4.74. The van der Waals surface area contributed by atoms with Gasteiger partial charge in [-0.1, -0.05) is 30.3 Å². The summed E-state index contributed by atoms with van der Waals surface area (Å²) < 4.78 is 10.3. The van der Waals surface area contributed by atoms with E-state index in [1.807, 2.05) is 36.4 Å². The molecule has 31 heavy (non-hydrogen) atoms. The monoisotopic (exact) mass is 416 g/mol. The standard InChI is InChI=1S/C24H20N2O5/c1-30-19-10-9-17-12-16(6-8-18(17)13-19)7-11-24(29)31-15-23(28)26-14-22(27)25-20-4-2-3-5-21(20)26/h2-13H,14-15H2,1H3,(H,25,27)/b11-7+. The summed E-state index contributed by atoms with van der Waals surface area (Å²) >= 11 is 0. The molecule has 0 bridgehead atoms. The predicted molar refractivity (Wildman–Crippen MR) is 118 cm³/mol. The zero-order valence-corrected chi connectivity index (χ0v) is 16.8. The topological polar surface area (TPSA) is 84.9 Å². The van der Waals surface area contributed by atoms with Crippen LogP contribution >= 0.6 is 0 Å². The highest BCUT2D eigenvalue weighted by molar-refractivity contribution is 6.10. The number of amides is 2. The average molecular weight is 416 g/mol. The Kier molecular flexibility index (Phi) is 5.66. The molecule has 1 N–H and O–H groups in total. The minimum atomic E-state index is -0.641. The Balaban J connectivity index is 1.38. The Hall–Kier alpha value is -4.13. The van der Waals surface area contributed by atoms with Gasteiger partial charge in [0.05, 0.1) is 18.5 Å². The molecule has 0 atom stereocenters. The van der Waals surface area contributed by atoms with E-state index >= 15 is 0 Å². The van der Waals surface area contributed by atoms with Gasteiger partial charge in [-0.25, -0.2) is 4.79 Å². The van der Waals surface area contributed by atoms with Gasteiger partial charge in [0.25, 0.3) is 5.91 Å². The van der Waals surface area contributed by atoms with Crippen LogP contribution in [0.3, 0.4) is 0 Å². The van der Waals surface area contributed by atoms with E-state index in [-0.39, 0.29) is 12.5 Å². The summed E-state index contributed by atoms with van der Waals surface area (Å²) in [6, 6.07) is 18.5. The number of nitrogens with one attached hydrogen (secondary N) is 1. The fourth-order valence-corrected chi connectivity index (χ4v) is 3.35. The number of carbonyl (C=O) groups is 3. The number of esters is 1. The van der Waals surface area contributed by atoms with E-state index in [9.17, 15) is 14.4 Å². The predicted octanol–water partition coefficient (Wildman–Crippen LogP) is 3.39. The van der Waals surface area contributed by atoms with Gasteiger partial charge in [-0.3, -0.25) is 14.5 Å². The van der Waals surface area contributed by atoms with E-state index in [1.54, 1.807) is 37.5 Å². The molecule has 0 unspecified atom stereocenters. The zero-order valence-electron chi connectivity index (χ0n) is 16.8. The fraction of sp³-hybridized carbons (Fsp3) is 0.125. The summed E-state index contributed by atoms with van der Waals surface area (Å²) in [5.41, 5.74) is 1.95. The molecule has 0 saturated carbocycles. The van der Waals surface area contributed by atoms with Gasteiger partial charge in [0.2, 0.25) is 5.91 Å². The number of anilines is 2. The second-order valence-electron chi connectivity index (χ2n) is 6.96. The molecule has 1 heterocycles. The molecule has 156 valence electrons. The van der Waals surface area contributed by atoms with Crippen LogP contribution in [-0.2, 0) is 19.1 Å². The van der Waals surface area contributed by atoms with Gasteiger partial charge in [0, 0.05) is 6.08 Å². The van der Waals surface area contributed by atoms with E-state index in [1.165, 1.54) is 11.0 Å². The molecule has 3 aromatic carbocycles. The first-order chi connectivity index (χ1) is 15.0. The van der Waals surface area contributed by atoms with Gasteiger partial charge in [0.15, 0.2) is 6.61 Å². The largest absolute Gasteiger partial charge is 0.497 e. The van der Waals surface area contributed by atoms with Crippen molar-refractivity contribution in [3.8, 4) is 5.75 Å². The first-order valence-corrected chi connectivity index (χ1v) is 9.65. The molecule has 1 aliphatic heterocycles. The number of carbonyl (C=O) groups excluding carboxylic acids is 3. The second kappa shape index (κ2) is 8.71. The number of ether oxygens (including phenoxy) is 2. The van der Waals surface area contributed by atoms with Crippen LogP contribution in [0.25, 0.3) is 16.8 Å². The Morgan fingerprint density at radius 1 is 1.06 bits per heavy atom. The maximum atomic E-state index is 12.5. The number of benzene rings is 3. The van der Waals surface area contributed by atoms with Gasteiger partial charge in [0.1, 0.15) is 12.3 Å². The minimum absolute atomic E-state index is 0.120. The van der Waals surface area contributed by atoms with Gasteiger partial charge >= 0.3 is 5.97 Å². The summed E-state index contributed by atoms with van der Waals surface area (Å²) in [5.74, 6) is -0.633. The van der Waals surface area contributed by atoms with E-state index in [0.717, 1.165) is 22.1 Å². The molecule has 0 spiro atoms. The van der Waals surface area contributed by atoms with Crippen molar-refractivity contribution in [3.05, 3.63) is 72.3 Å². The third-order valence-electron chi connectivity index (χ3n) is 4.89. The highest BCUT2D eigenvalue weighted by atomic mass is 16.5. The molecular weight excluding hydrogens is 396 g/mol. The summed E-state index contributed by atoms with van der Waals surface area (Å²) in [4.78, 5) is 37.7. The summed E-state index contributed by atoms with van der Waals surface area (Å²) in [6.07, 6.45) is 2.90. The van der Waals surface area contributed by atoms with Crippen LogP contribution in [0.5, 0.6) is 5.75 Å². The van der Waals surface area contributed by atoms with Gasteiger partial charge in [-0.05, 0) is 52.7 Å². The second-order valence-corrected chi connectivity index (χ2v) is 6.96. The third-order valence-corrected chi connectivity index (χ3v) is 4.89. The molecule has 0 radical (unpaired) electrons. The quantitative estimate of drug-likeness (QED) is 0.509. The molecule has 7 heteroatoms. The van der Waals surface area contributed by atoms with E-state index < -0.39 is 18.5 Å². The van der Waals surface area contributed by atoms with Crippen LogP contribution < -0.4 is 15.0 Å². The Morgan fingerprint density at radius 2 is 1.84 bits per heavy atom. The van der Waals surface area contributed by atoms with Gasteiger partial charge < -0.3 is 14.8 Å². The van der Waals surface area contributed by atoms with Crippen molar-refractivity contribution in [3.63, 3.8) is 0 Å². The maximum absolute atomic E-state index is 12.5. The fourth-order valence-electron chi connectivity index (χ4n) is 3.35. The van der Waals surface area contributed by atoms with Crippen molar-refractivity contribution in [2.75, 3.05) is 30.5 Å². The van der Waals surface area contributed by atoms with Crippen LogP contribution in [0.2, 0.25) is 0 Å². The number of hydrogen-bond acceptors (Lipinski definition) is 5. The number of fused-ring (bicyclic) bond motifs is 2. The molecule has 4 rings (SSSR count). The molecular formula is C24H20N2O5. The smallest absolute Gasteiger partial charge is 0.331 e. The zero-order chi connectivity index (χ0) is 21.8. The van der Waals surface area contributed by atoms with Crippen molar-refractivity contribution in [1.29, 1.82) is 0 Å². The molecule has 2 amide bonds. The van der Waals surface area contributed by atoms with Crippen LogP contribution in [0.1, 0.15) is 5.56 Å². The Morgan fingerprint density at radius 3 is 2.68 bits per heavy atom. The van der Waals surface area contributed by atoms with Gasteiger partial charge in [-0.15, -0.1) is 0 Å². The first-order valence-electron chi connectivity index (χ1n) is 9.65. The highest BCUT2D eigenvalue weighted by Crippen LogP contribution is 2.28. The minimum Gasteiger partial charge on any atom is -0.497 e. The molecule has 0 aromatic heterocycles. The molecule has 7 nitrogen and oxygen atoms in total. The molecule has 0 fully saturated rings. The highest BCUT2D eigenvalue weighted by Gasteiger charge is 2.26. The average Bonchev–Trinajstić information content (AvgIpc) is 2.80. The lowest BCUT2D eigenvalue weighted by molar-refractivity contribution is -0.143. The molecule has 0 aliphatic carbocycles. The first kappa shape index (κ1) is 20.2. The molecule has 3 aromatic rings. The van der Waals surface area contributed by atoms with E-state index in [4.69, 9.17) is 9.47 Å². The molecule has 0 saturated heterocycles. The van der Waals surface area contributed by atoms with Crippen LogP contribution in [0.4, 0.5) is 11.4 Å². The normalized spacial score (nSPS) is 13.1. The Labute approximate surface area is 178 Å². The summed E-state index contributed by atoms with van der Waals surface area (Å²) in [7, 11) is 1.62. The van der Waals surface area contributed by atoms with Crippen molar-refractivity contribution in [2.24, 2.45) is 0 Å². The van der Waals surface area contributed by atoms with E-state index in [2.05, 4.69) is 5.32 Å². The van der Waals surface area contributed by atoms with Crippen molar-refractivity contribution in [1.82, 2.24) is 0 Å². The lowest BCUT2D eigenvalue weighted by Gasteiger charge is -2.28. The van der Waals surface area contributed by atoms with Crippen molar-refractivity contribution in [2.45, 2.75) is 0 Å². The van der Waals surface area contributed by atoms with E-state index in [0.29, 0.717) is 11.4 Å². The SMILES string of the molecule is COc1ccc2cc(/C=C/C(=O)OCC(=O)N3CC(=O)Nc4ccccc43)ccc2c1. The maximum Gasteiger partial charge on any atom is 0.331 e. The number of hydrogen-bond donors (Lipinski definition) is 1. The molecule has 1 aliphatic rings. The number of para-hydroxylation sites is 2. The lowest BCUT2D eigenvalue weighted by atomic mass is 10.1. The van der Waals surface area contributed by atoms with Crippen LogP contribution in [-0.4, -0.2) is 38.0 Å². The van der Waals surface area contributed by atoms with Crippen molar-refractivity contribution < 1.29 is 23.9 Å². The van der Waals surface area contributed by atoms with Gasteiger partial charge in [-0.2, -0.15) is 0 Å². The number of rotatable bonds is 5. The Bertz CT molecular complexity index is 1200. The third kappa shape index (κ3) is 4.56. The summed E-state index contributed by atoms with van der Waals surface area (Å²) in [6.45, 7) is -0.576. The van der Waals surface area contributed by atoms with Crippen molar-refractivity contribution >= 4 is 46.0 Å². The number of nitrogens with zero attached hydrogens (tertiary/aromatic N) is 1. The number of methoxy groups -OCH3 is 1. The van der Waals surface area contributed by atoms with Crippen LogP contribution in [0.15, 0.2) is 66.7 Å². The lowest BCUT2D eigenvalue weighted by Crippen LogP contribution is -2.43.